The lowest BCUT2D eigenvalue weighted by molar-refractivity contribution is -0.144. The van der Waals surface area contributed by atoms with Crippen LogP contribution in [0.2, 0.25) is 0 Å². The van der Waals surface area contributed by atoms with Crippen LogP contribution in [-0.2, 0) is 24.0 Å². The highest BCUT2D eigenvalue weighted by atomic mass is 16.4. The van der Waals surface area contributed by atoms with Gasteiger partial charge in [0, 0.05) is 40.8 Å². The van der Waals surface area contributed by atoms with Gasteiger partial charge in [-0.1, -0.05) is 66.2 Å². The number of hydrogen-bond donors (Lipinski definition) is 9. The normalized spacial score (nSPS) is 13.7. The zero-order chi connectivity index (χ0) is 46.5. The first kappa shape index (κ1) is 48.7. The molecule has 18 heteroatoms. The van der Waals surface area contributed by atoms with Gasteiger partial charge in [-0.25, -0.2) is 4.79 Å². The van der Waals surface area contributed by atoms with Crippen molar-refractivity contribution in [3.63, 3.8) is 0 Å². The van der Waals surface area contributed by atoms with Gasteiger partial charge < -0.3 is 52.7 Å². The number of aliphatic imine (C=N–C) groups is 1. The molecule has 63 heavy (non-hydrogen) atoms. The highest BCUT2D eigenvalue weighted by molar-refractivity contribution is 6.10. The lowest BCUT2D eigenvalue weighted by atomic mass is 9.90. The summed E-state index contributed by atoms with van der Waals surface area (Å²) in [5.41, 5.74) is 12.7. The summed E-state index contributed by atoms with van der Waals surface area (Å²) in [5, 5.41) is 33.6. The molecular formula is C45H58N8O10. The first-order valence-electron chi connectivity index (χ1n) is 20.9. The number of carbonyl (C=O) groups is 6. The maximum Gasteiger partial charge on any atom is 0.326 e. The van der Waals surface area contributed by atoms with Crippen LogP contribution in [0.4, 0.5) is 0 Å². The lowest BCUT2D eigenvalue weighted by Gasteiger charge is -2.28. The number of amides is 5. The third-order valence-electron chi connectivity index (χ3n) is 10.5. The third-order valence-corrected chi connectivity index (χ3v) is 10.5. The molecule has 5 amide bonds. The van der Waals surface area contributed by atoms with Crippen molar-refractivity contribution in [3.05, 3.63) is 76.5 Å². The molecule has 0 bridgehead atoms. The summed E-state index contributed by atoms with van der Waals surface area (Å²) in [6.45, 7) is 10.1. The van der Waals surface area contributed by atoms with Crippen LogP contribution in [-0.4, -0.2) is 88.9 Å². The summed E-state index contributed by atoms with van der Waals surface area (Å²) in [6.07, 6.45) is 0.922. The largest absolute Gasteiger partial charge is 0.508 e. The van der Waals surface area contributed by atoms with Gasteiger partial charge in [0.15, 0.2) is 11.4 Å². The first-order valence-corrected chi connectivity index (χ1v) is 20.9. The Hall–Kier alpha value is -6.98. The molecule has 0 radical (unpaired) electrons. The minimum Gasteiger partial charge on any atom is -0.508 e. The van der Waals surface area contributed by atoms with Crippen molar-refractivity contribution in [2.75, 3.05) is 13.1 Å². The molecule has 2 aromatic rings. The van der Waals surface area contributed by atoms with Crippen molar-refractivity contribution in [2.45, 2.75) is 91.4 Å². The Labute approximate surface area is 365 Å². The number of carboxylic acids is 1. The van der Waals surface area contributed by atoms with E-state index in [4.69, 9.17) is 15.9 Å². The summed E-state index contributed by atoms with van der Waals surface area (Å²) in [5.74, 6) is -5.60. The molecule has 0 unspecified atom stereocenters. The molecule has 0 saturated carbocycles. The molecular weight excluding hydrogens is 813 g/mol. The number of phenolic OH excluding ortho intramolecular Hbond substituents is 1. The van der Waals surface area contributed by atoms with E-state index < -0.39 is 78.1 Å². The van der Waals surface area contributed by atoms with Gasteiger partial charge in [0.2, 0.25) is 23.6 Å². The number of aliphatic carboxylic acids is 1. The van der Waals surface area contributed by atoms with E-state index in [0.29, 0.717) is 28.5 Å². The zero-order valence-electron chi connectivity index (χ0n) is 36.3. The van der Waals surface area contributed by atoms with E-state index in [1.54, 1.807) is 64.1 Å². The van der Waals surface area contributed by atoms with Crippen molar-refractivity contribution in [2.24, 2.45) is 34.2 Å². The molecule has 1 aliphatic carbocycles. The average molecular weight is 871 g/mol. The summed E-state index contributed by atoms with van der Waals surface area (Å²) in [4.78, 5) is 96.5. The molecule has 1 aliphatic heterocycles. The molecule has 1 heterocycles. The first-order chi connectivity index (χ1) is 29.8. The highest BCUT2D eigenvalue weighted by Gasteiger charge is 2.34. The Bertz CT molecular complexity index is 2360. The molecule has 0 saturated heterocycles. The van der Waals surface area contributed by atoms with E-state index in [9.17, 15) is 43.8 Å². The molecule has 2 aliphatic rings. The Kier molecular flexibility index (Phi) is 17.2. The van der Waals surface area contributed by atoms with E-state index in [2.05, 4.69) is 31.6 Å². The van der Waals surface area contributed by atoms with Crippen LogP contribution in [0.25, 0.3) is 33.4 Å². The number of nitrogens with one attached hydrogen (secondary N) is 5. The van der Waals surface area contributed by atoms with E-state index in [1.807, 2.05) is 13.8 Å². The Morgan fingerprint density at radius 1 is 0.794 bits per heavy atom. The second-order valence-electron chi connectivity index (χ2n) is 16.2. The van der Waals surface area contributed by atoms with Gasteiger partial charge in [-0.05, 0) is 72.9 Å². The molecule has 0 fully saturated rings. The maximum atomic E-state index is 14.2. The number of aromatic hydroxyl groups is 1. The van der Waals surface area contributed by atoms with Crippen molar-refractivity contribution < 1.29 is 43.4 Å². The van der Waals surface area contributed by atoms with Crippen LogP contribution in [0.3, 0.4) is 0 Å². The third kappa shape index (κ3) is 13.3. The minimum absolute atomic E-state index is 0.0334. The number of carboxylic acid groups (broad SMARTS) is 1. The fraction of sp³-hybridized carbons (Fsp3) is 0.422. The summed E-state index contributed by atoms with van der Waals surface area (Å²) < 4.78 is 5.98. The van der Waals surface area contributed by atoms with E-state index >= 15 is 0 Å². The number of nitrogens with zero attached hydrogens (tertiary/aromatic N) is 1. The smallest absolute Gasteiger partial charge is 0.326 e. The molecule has 0 spiro atoms. The van der Waals surface area contributed by atoms with Crippen molar-refractivity contribution in [1.29, 1.82) is 0 Å². The number of benzene rings is 3. The van der Waals surface area contributed by atoms with Crippen LogP contribution in [0.1, 0.15) is 77.6 Å². The fourth-order valence-electron chi connectivity index (χ4n) is 7.01. The summed E-state index contributed by atoms with van der Waals surface area (Å²) in [6, 6.07) is 10.9. The molecule has 338 valence electrons. The van der Waals surface area contributed by atoms with Crippen LogP contribution in [0, 0.1) is 17.8 Å². The predicted octanol–water partition coefficient (Wildman–Crippen LogP) is 2.83. The van der Waals surface area contributed by atoms with Gasteiger partial charge in [0.05, 0.1) is 6.54 Å². The maximum absolute atomic E-state index is 14.2. The number of hydrogen-bond acceptors (Lipinski definition) is 10. The number of nitrogens with two attached hydrogens (primary N) is 2. The quantitative estimate of drug-likeness (QED) is 0.0253. The van der Waals surface area contributed by atoms with E-state index in [1.165, 1.54) is 24.3 Å². The zero-order valence-corrected chi connectivity index (χ0v) is 36.3. The molecule has 18 nitrogen and oxygen atoms in total. The molecule has 5 atom stereocenters. The average Bonchev–Trinajstić information content (AvgIpc) is 3.22. The Morgan fingerprint density at radius 2 is 1.49 bits per heavy atom. The van der Waals surface area contributed by atoms with Gasteiger partial charge in [-0.15, -0.1) is 0 Å². The van der Waals surface area contributed by atoms with Gasteiger partial charge in [0.25, 0.3) is 5.91 Å². The van der Waals surface area contributed by atoms with Crippen molar-refractivity contribution >= 4 is 52.4 Å². The number of fused-ring (bicyclic) bond motifs is 2. The monoisotopic (exact) mass is 870 g/mol. The van der Waals surface area contributed by atoms with E-state index in [-0.39, 0.29) is 65.8 Å². The van der Waals surface area contributed by atoms with E-state index in [0.717, 1.165) is 0 Å². The molecule has 2 aromatic carbocycles. The Morgan fingerprint density at radius 3 is 2.14 bits per heavy atom. The van der Waals surface area contributed by atoms with Crippen LogP contribution in [0.5, 0.6) is 5.75 Å². The van der Waals surface area contributed by atoms with Gasteiger partial charge in [-0.2, -0.15) is 0 Å². The van der Waals surface area contributed by atoms with Crippen molar-refractivity contribution in [3.8, 4) is 28.2 Å². The number of rotatable bonds is 21. The number of phenols is 1. The number of carbonyl (C=O) groups excluding carboxylic acids is 5. The van der Waals surface area contributed by atoms with Crippen LogP contribution >= 0.6 is 0 Å². The fourth-order valence-corrected chi connectivity index (χ4v) is 7.01. The molecule has 4 rings (SSSR count). The van der Waals surface area contributed by atoms with Crippen LogP contribution in [0.15, 0.2) is 74.9 Å². The minimum atomic E-state index is -1.23. The summed E-state index contributed by atoms with van der Waals surface area (Å²) in [7, 11) is 0. The standard InChI is InChI=1S/C45H58N8O10/c1-7-25(6)39(43(60)52-38(24(4)5)44(61)62)53-42(59)32(13-10-18-48-45(46)47)50-36(56)22-49-41(58)33(19-23(2)3)51-40(57)29-12-9-8-11-28(29)37-30-16-14-26(54)20-34(30)63-35-21-27(55)15-17-31(35)37/h8-9,11-12,14-17,20-21,23-25,32-33,38-39,54H,7,10,13,18-19,22H2,1-6H3,(H,49,58)(H,50,56)(H,51,57)(H,52,60)(H,53,59)(H,61,62)(H4,46,47,48)/t25-,32-,33-,38-,39-/m0/s1. The van der Waals surface area contributed by atoms with Crippen molar-refractivity contribution in [1.82, 2.24) is 26.6 Å². The predicted molar refractivity (Wildman–Crippen MR) is 238 cm³/mol. The number of guanidine groups is 1. The highest BCUT2D eigenvalue weighted by Crippen LogP contribution is 2.41. The van der Waals surface area contributed by atoms with Gasteiger partial charge in [0.1, 0.15) is 41.3 Å². The topological polar surface area (TPSA) is 298 Å². The van der Waals surface area contributed by atoms with Gasteiger partial charge in [-0.3, -0.25) is 33.8 Å². The van der Waals surface area contributed by atoms with Crippen LogP contribution < -0.4 is 43.5 Å². The van der Waals surface area contributed by atoms with Gasteiger partial charge >= 0.3 is 5.97 Å². The Balaban J connectivity index is 1.54. The molecule has 11 N–H and O–H groups in total. The second kappa shape index (κ2) is 22.2. The summed E-state index contributed by atoms with van der Waals surface area (Å²) >= 11 is 0. The second-order valence-corrected chi connectivity index (χ2v) is 16.2. The SMILES string of the molecule is CC[C@H](C)[C@H](NC(=O)[C@H](CCCN=C(N)N)NC(=O)CNC(=O)[C@H](CC(C)C)NC(=O)c1ccccc1-c1c2ccc(=O)cc-2oc2cc(O)ccc12)C(=O)N[C@H](C(=O)O)C(C)C. The lowest BCUT2D eigenvalue weighted by Crippen LogP contribution is -2.59. The molecule has 0 aromatic heterocycles.